The van der Waals surface area contributed by atoms with Gasteiger partial charge in [-0.15, -0.1) is 0 Å². The van der Waals surface area contributed by atoms with E-state index in [1.165, 1.54) is 16.3 Å². The lowest BCUT2D eigenvalue weighted by Crippen LogP contribution is -2.37. The number of ether oxygens (including phenoxy) is 2. The van der Waals surface area contributed by atoms with Gasteiger partial charge in [0, 0.05) is 39.3 Å². The fraction of sp³-hybridized carbons (Fsp3) is 0.476. The third-order valence-electron chi connectivity index (χ3n) is 4.63. The first-order valence-corrected chi connectivity index (χ1v) is 9.43. The van der Waals surface area contributed by atoms with Gasteiger partial charge in [0.1, 0.15) is 0 Å². The Kier molecular flexibility index (Phi) is 7.28. The highest BCUT2D eigenvalue weighted by atomic mass is 16.5. The molecule has 1 aliphatic heterocycles. The van der Waals surface area contributed by atoms with E-state index >= 15 is 0 Å². The van der Waals surface area contributed by atoms with Gasteiger partial charge in [-0.05, 0) is 35.2 Å². The molecule has 2 aromatic rings. The Morgan fingerprint density at radius 1 is 1.19 bits per heavy atom. The number of aliphatic imine (C=N–C) groups is 1. The molecule has 2 N–H and O–H groups in total. The molecule has 0 aromatic heterocycles. The molecule has 1 atom stereocenters. The van der Waals surface area contributed by atoms with Crippen LogP contribution in [0.3, 0.4) is 0 Å². The highest BCUT2D eigenvalue weighted by Crippen LogP contribution is 2.15. The van der Waals surface area contributed by atoms with Gasteiger partial charge in [-0.1, -0.05) is 36.4 Å². The summed E-state index contributed by atoms with van der Waals surface area (Å²) in [6.45, 7) is 4.92. The lowest BCUT2D eigenvalue weighted by Gasteiger charge is -2.13. The van der Waals surface area contributed by atoms with Crippen LogP contribution in [0, 0.1) is 5.92 Å². The molecule has 0 spiro atoms. The molecule has 0 saturated carbocycles. The van der Waals surface area contributed by atoms with Crippen LogP contribution in [0.1, 0.15) is 18.4 Å². The molecular formula is C21H29N3O2. The Morgan fingerprint density at radius 3 is 2.88 bits per heavy atom. The van der Waals surface area contributed by atoms with Crippen LogP contribution in [0.5, 0.6) is 0 Å². The van der Waals surface area contributed by atoms with Gasteiger partial charge in [0.05, 0.1) is 13.2 Å². The minimum atomic E-state index is 0.583. The van der Waals surface area contributed by atoms with Crippen LogP contribution in [-0.2, 0) is 16.0 Å². The van der Waals surface area contributed by atoms with Crippen LogP contribution in [0.2, 0.25) is 0 Å². The fourth-order valence-corrected chi connectivity index (χ4v) is 3.10. The zero-order valence-electron chi connectivity index (χ0n) is 15.5. The minimum absolute atomic E-state index is 0.583. The Bertz CT molecular complexity index is 711. The topological polar surface area (TPSA) is 54.9 Å². The van der Waals surface area contributed by atoms with E-state index in [1.54, 1.807) is 7.05 Å². The molecule has 1 fully saturated rings. The van der Waals surface area contributed by atoms with Crippen molar-refractivity contribution < 1.29 is 9.47 Å². The van der Waals surface area contributed by atoms with Crippen LogP contribution >= 0.6 is 0 Å². The van der Waals surface area contributed by atoms with E-state index in [0.717, 1.165) is 58.3 Å². The highest BCUT2D eigenvalue weighted by molar-refractivity contribution is 5.83. The second-order valence-corrected chi connectivity index (χ2v) is 6.69. The lowest BCUT2D eigenvalue weighted by atomic mass is 10.1. The summed E-state index contributed by atoms with van der Waals surface area (Å²) >= 11 is 0. The first-order valence-electron chi connectivity index (χ1n) is 9.43. The summed E-state index contributed by atoms with van der Waals surface area (Å²) in [5.41, 5.74) is 1.24. The molecule has 1 unspecified atom stereocenters. The van der Waals surface area contributed by atoms with Gasteiger partial charge in [-0.2, -0.15) is 0 Å². The van der Waals surface area contributed by atoms with E-state index in [2.05, 4.69) is 58.1 Å². The maximum atomic E-state index is 5.72. The Hall–Kier alpha value is -2.11. The SMILES string of the molecule is CN=C(NCCCOCC1CCOC1)NCc1ccc2ccccc2c1. The molecule has 1 heterocycles. The summed E-state index contributed by atoms with van der Waals surface area (Å²) in [5, 5.41) is 9.24. The van der Waals surface area contributed by atoms with Crippen molar-refractivity contribution in [3.05, 3.63) is 48.0 Å². The van der Waals surface area contributed by atoms with Crippen molar-refractivity contribution in [2.75, 3.05) is 40.0 Å². The number of guanidine groups is 1. The van der Waals surface area contributed by atoms with Crippen LogP contribution in [0.4, 0.5) is 0 Å². The summed E-state index contributed by atoms with van der Waals surface area (Å²) in [6.07, 6.45) is 2.09. The molecule has 0 amide bonds. The quantitative estimate of drug-likeness (QED) is 0.434. The van der Waals surface area contributed by atoms with E-state index < -0.39 is 0 Å². The number of hydrogen-bond donors (Lipinski definition) is 2. The van der Waals surface area contributed by atoms with Gasteiger partial charge >= 0.3 is 0 Å². The van der Waals surface area contributed by atoms with Gasteiger partial charge < -0.3 is 20.1 Å². The summed E-state index contributed by atoms with van der Waals surface area (Å²) in [5.74, 6) is 1.40. The van der Waals surface area contributed by atoms with Gasteiger partial charge in [0.25, 0.3) is 0 Å². The Morgan fingerprint density at radius 2 is 2.08 bits per heavy atom. The zero-order chi connectivity index (χ0) is 18.0. The molecule has 140 valence electrons. The molecule has 26 heavy (non-hydrogen) atoms. The molecule has 0 radical (unpaired) electrons. The van der Waals surface area contributed by atoms with Gasteiger partial charge in [0.15, 0.2) is 5.96 Å². The van der Waals surface area contributed by atoms with Crippen LogP contribution in [0.25, 0.3) is 10.8 Å². The predicted molar refractivity (Wildman–Crippen MR) is 107 cm³/mol. The molecule has 1 saturated heterocycles. The molecule has 1 aliphatic rings. The minimum Gasteiger partial charge on any atom is -0.381 e. The average molecular weight is 355 g/mol. The third kappa shape index (κ3) is 5.71. The number of benzene rings is 2. The monoisotopic (exact) mass is 355 g/mol. The zero-order valence-corrected chi connectivity index (χ0v) is 15.5. The average Bonchev–Trinajstić information content (AvgIpc) is 3.20. The molecule has 0 aliphatic carbocycles. The Balaban J connectivity index is 1.33. The van der Waals surface area contributed by atoms with E-state index in [4.69, 9.17) is 9.47 Å². The second kappa shape index (κ2) is 10.1. The van der Waals surface area contributed by atoms with Crippen LogP contribution in [0.15, 0.2) is 47.5 Å². The largest absolute Gasteiger partial charge is 0.381 e. The van der Waals surface area contributed by atoms with Crippen molar-refractivity contribution in [2.24, 2.45) is 10.9 Å². The summed E-state index contributed by atoms with van der Waals surface area (Å²) in [4.78, 5) is 4.28. The fourth-order valence-electron chi connectivity index (χ4n) is 3.10. The summed E-state index contributed by atoms with van der Waals surface area (Å²) in [7, 11) is 1.80. The normalized spacial score (nSPS) is 17.6. The van der Waals surface area contributed by atoms with E-state index in [1.807, 2.05) is 0 Å². The number of hydrogen-bond acceptors (Lipinski definition) is 3. The van der Waals surface area contributed by atoms with Crippen molar-refractivity contribution in [1.29, 1.82) is 0 Å². The van der Waals surface area contributed by atoms with Crippen LogP contribution < -0.4 is 10.6 Å². The smallest absolute Gasteiger partial charge is 0.191 e. The van der Waals surface area contributed by atoms with E-state index in [9.17, 15) is 0 Å². The van der Waals surface area contributed by atoms with Crippen molar-refractivity contribution in [1.82, 2.24) is 10.6 Å². The van der Waals surface area contributed by atoms with E-state index in [0.29, 0.717) is 5.92 Å². The van der Waals surface area contributed by atoms with Crippen molar-refractivity contribution in [2.45, 2.75) is 19.4 Å². The molecule has 5 nitrogen and oxygen atoms in total. The lowest BCUT2D eigenvalue weighted by molar-refractivity contribution is 0.0888. The number of nitrogens with one attached hydrogen (secondary N) is 2. The highest BCUT2D eigenvalue weighted by Gasteiger charge is 2.15. The molecule has 0 bridgehead atoms. The predicted octanol–water partition coefficient (Wildman–Crippen LogP) is 2.95. The molecule has 2 aromatic carbocycles. The number of fused-ring (bicyclic) bond motifs is 1. The first kappa shape index (κ1) is 18.7. The summed E-state index contributed by atoms with van der Waals surface area (Å²) in [6, 6.07) is 15.0. The summed E-state index contributed by atoms with van der Waals surface area (Å²) < 4.78 is 11.1. The first-order chi connectivity index (χ1) is 12.8. The number of nitrogens with zero attached hydrogens (tertiary/aromatic N) is 1. The van der Waals surface area contributed by atoms with Crippen molar-refractivity contribution in [3.8, 4) is 0 Å². The van der Waals surface area contributed by atoms with Crippen LogP contribution in [-0.4, -0.2) is 46.0 Å². The van der Waals surface area contributed by atoms with Crippen molar-refractivity contribution >= 4 is 16.7 Å². The van der Waals surface area contributed by atoms with Crippen molar-refractivity contribution in [3.63, 3.8) is 0 Å². The molecular weight excluding hydrogens is 326 g/mol. The number of rotatable bonds is 8. The molecule has 3 rings (SSSR count). The van der Waals surface area contributed by atoms with E-state index in [-0.39, 0.29) is 0 Å². The van der Waals surface area contributed by atoms with Gasteiger partial charge in [0.2, 0.25) is 0 Å². The maximum absolute atomic E-state index is 5.72. The van der Waals surface area contributed by atoms with Gasteiger partial charge in [-0.25, -0.2) is 0 Å². The van der Waals surface area contributed by atoms with Gasteiger partial charge in [-0.3, -0.25) is 4.99 Å². The standard InChI is InChI=1S/C21H29N3O2/c1-22-21(23-10-4-11-25-15-18-9-12-26-16-18)24-14-17-7-8-19-5-2-3-6-20(19)13-17/h2-3,5-8,13,18H,4,9-12,14-16H2,1H3,(H2,22,23,24). The maximum Gasteiger partial charge on any atom is 0.191 e. The Labute approximate surface area is 155 Å². The second-order valence-electron chi connectivity index (χ2n) is 6.69. The third-order valence-corrected chi connectivity index (χ3v) is 4.63. The molecule has 5 heteroatoms.